The van der Waals surface area contributed by atoms with E-state index in [2.05, 4.69) is 10.3 Å². The molecule has 2 fully saturated rings. The van der Waals surface area contributed by atoms with Crippen LogP contribution < -0.4 is 10.5 Å². The number of anilines is 1. The van der Waals surface area contributed by atoms with Crippen LogP contribution in [-0.2, 0) is 10.0 Å². The van der Waals surface area contributed by atoms with Crippen LogP contribution >= 0.6 is 11.6 Å². The number of hydrogen-bond acceptors (Lipinski definition) is 5. The van der Waals surface area contributed by atoms with Crippen LogP contribution in [0.3, 0.4) is 0 Å². The zero-order valence-electron chi connectivity index (χ0n) is 16.1. The summed E-state index contributed by atoms with van der Waals surface area (Å²) < 4.78 is 36.7. The van der Waals surface area contributed by atoms with Gasteiger partial charge in [0.15, 0.2) is 5.03 Å². The molecule has 10 heteroatoms. The lowest BCUT2D eigenvalue weighted by molar-refractivity contribution is 0.0713. The largest absolute Gasteiger partial charge is 0.380 e. The lowest BCUT2D eigenvalue weighted by atomic mass is 9.89. The number of rotatable bonds is 5. The third-order valence-corrected chi connectivity index (χ3v) is 6.87. The van der Waals surface area contributed by atoms with Gasteiger partial charge in [-0.3, -0.25) is 4.79 Å². The second-order valence-corrected chi connectivity index (χ2v) is 9.60. The third kappa shape index (κ3) is 4.43. The molecule has 2 aromatic rings. The van der Waals surface area contributed by atoms with Crippen molar-refractivity contribution in [2.75, 3.05) is 18.4 Å². The van der Waals surface area contributed by atoms with E-state index in [4.69, 9.17) is 16.7 Å². The topological polar surface area (TPSA) is 105 Å². The van der Waals surface area contributed by atoms with Crippen molar-refractivity contribution in [2.24, 2.45) is 5.14 Å². The molecule has 7 nitrogen and oxygen atoms in total. The minimum Gasteiger partial charge on any atom is -0.380 e. The van der Waals surface area contributed by atoms with Gasteiger partial charge in [0.1, 0.15) is 10.8 Å². The van der Waals surface area contributed by atoms with Crippen LogP contribution in [0.5, 0.6) is 0 Å². The fourth-order valence-electron chi connectivity index (χ4n) is 3.72. The number of hydrogen-bond donors (Lipinski definition) is 2. The van der Waals surface area contributed by atoms with Crippen LogP contribution in [-0.4, -0.2) is 43.3 Å². The van der Waals surface area contributed by atoms with Crippen molar-refractivity contribution in [1.29, 1.82) is 0 Å². The minimum atomic E-state index is -4.11. The van der Waals surface area contributed by atoms with Gasteiger partial charge in [-0.2, -0.15) is 0 Å². The van der Waals surface area contributed by atoms with Crippen LogP contribution in [0.25, 0.3) is 0 Å². The quantitative estimate of drug-likeness (QED) is 0.725. The highest BCUT2D eigenvalue weighted by Gasteiger charge is 2.31. The number of sulfonamides is 1. The number of amides is 1. The molecule has 0 radical (unpaired) electrons. The van der Waals surface area contributed by atoms with Crippen LogP contribution in [0.4, 0.5) is 10.1 Å². The summed E-state index contributed by atoms with van der Waals surface area (Å²) in [7, 11) is -4.11. The number of piperidine rings is 1. The number of halogens is 2. The first-order chi connectivity index (χ1) is 14.2. The van der Waals surface area contributed by atoms with E-state index in [0.717, 1.165) is 31.2 Å². The number of aromatic nitrogens is 1. The van der Waals surface area contributed by atoms with E-state index in [1.165, 1.54) is 18.3 Å². The highest BCUT2D eigenvalue weighted by atomic mass is 35.5. The van der Waals surface area contributed by atoms with Gasteiger partial charge in [0.05, 0.1) is 11.3 Å². The molecule has 3 N–H and O–H groups in total. The highest BCUT2D eigenvalue weighted by molar-refractivity contribution is 7.89. The summed E-state index contributed by atoms with van der Waals surface area (Å²) in [5.41, 5.74) is 1.56. The molecule has 1 amide bonds. The van der Waals surface area contributed by atoms with Gasteiger partial charge in [-0.15, -0.1) is 0 Å². The maximum Gasteiger partial charge on any atom is 0.257 e. The molecular formula is C20H22ClFN4O3S. The standard InChI is InChI=1S/C20H22ClFN4O3S/c21-17-18(25-15-5-6-15)16(11-24-19(17)30(23,28)29)20(27)26-9-7-13(8-10-26)12-1-3-14(22)4-2-12/h1-4,11,13,15H,5-10H2,(H,24,25)(H2,23,28,29). The van der Waals surface area contributed by atoms with Crippen LogP contribution in [0, 0.1) is 5.82 Å². The van der Waals surface area contributed by atoms with Crippen molar-refractivity contribution in [2.45, 2.75) is 42.7 Å². The second kappa shape index (κ2) is 8.13. The molecule has 0 atom stereocenters. The molecular weight excluding hydrogens is 431 g/mol. The molecule has 0 spiro atoms. The zero-order valence-corrected chi connectivity index (χ0v) is 17.7. The molecule has 1 saturated heterocycles. The van der Waals surface area contributed by atoms with E-state index < -0.39 is 15.0 Å². The third-order valence-electron chi connectivity index (χ3n) is 5.54. The van der Waals surface area contributed by atoms with Crippen molar-refractivity contribution in [3.63, 3.8) is 0 Å². The first kappa shape index (κ1) is 21.0. The van der Waals surface area contributed by atoms with Crippen molar-refractivity contribution < 1.29 is 17.6 Å². The molecule has 4 rings (SSSR count). The van der Waals surface area contributed by atoms with Crippen LogP contribution in [0.2, 0.25) is 5.02 Å². The molecule has 160 valence electrons. The number of primary sulfonamides is 1. The summed E-state index contributed by atoms with van der Waals surface area (Å²) in [4.78, 5) is 18.7. The Balaban J connectivity index is 1.54. The maximum atomic E-state index is 13.2. The molecule has 1 aromatic carbocycles. The number of carbonyl (C=O) groups excluding carboxylic acids is 1. The number of pyridine rings is 1. The van der Waals surface area contributed by atoms with E-state index in [0.29, 0.717) is 13.1 Å². The molecule has 2 heterocycles. The van der Waals surface area contributed by atoms with Crippen molar-refractivity contribution in [1.82, 2.24) is 9.88 Å². The molecule has 0 bridgehead atoms. The summed E-state index contributed by atoms with van der Waals surface area (Å²) in [5, 5.41) is 7.75. The molecule has 1 saturated carbocycles. The van der Waals surface area contributed by atoms with Gasteiger partial charge in [0, 0.05) is 25.3 Å². The highest BCUT2D eigenvalue weighted by Crippen LogP contribution is 2.36. The van der Waals surface area contributed by atoms with Crippen LogP contribution in [0.1, 0.15) is 47.5 Å². The van der Waals surface area contributed by atoms with Gasteiger partial charge in [-0.1, -0.05) is 23.7 Å². The molecule has 1 aliphatic carbocycles. The van der Waals surface area contributed by atoms with Gasteiger partial charge in [-0.25, -0.2) is 22.9 Å². The predicted octanol–water partition coefficient (Wildman–Crippen LogP) is 3.12. The van der Waals surface area contributed by atoms with Crippen molar-refractivity contribution >= 4 is 33.2 Å². The zero-order chi connectivity index (χ0) is 21.5. The Morgan fingerprint density at radius 2 is 1.80 bits per heavy atom. The van der Waals surface area contributed by atoms with E-state index in [9.17, 15) is 17.6 Å². The fraction of sp³-hybridized carbons (Fsp3) is 0.400. The second-order valence-electron chi connectivity index (χ2n) is 7.75. The Morgan fingerprint density at radius 3 is 2.37 bits per heavy atom. The molecule has 2 aliphatic rings. The van der Waals surface area contributed by atoms with Crippen LogP contribution in [0.15, 0.2) is 35.5 Å². The number of nitrogens with zero attached hydrogens (tertiary/aromatic N) is 2. The first-order valence-corrected chi connectivity index (χ1v) is 11.7. The SMILES string of the molecule is NS(=O)(=O)c1ncc(C(=O)N2CCC(c3ccc(F)cc3)CC2)c(NC2CC2)c1Cl. The Hall–Kier alpha value is -2.23. The smallest absolute Gasteiger partial charge is 0.257 e. The lowest BCUT2D eigenvalue weighted by Gasteiger charge is -2.32. The van der Waals surface area contributed by atoms with Crippen molar-refractivity contribution in [3.05, 3.63) is 52.4 Å². The Bertz CT molecular complexity index is 1070. The number of benzene rings is 1. The number of nitrogens with two attached hydrogens (primary N) is 1. The van der Waals surface area contributed by atoms with E-state index in [1.807, 2.05) is 0 Å². The van der Waals surface area contributed by atoms with Gasteiger partial charge in [0.2, 0.25) is 0 Å². The molecule has 30 heavy (non-hydrogen) atoms. The molecule has 1 aromatic heterocycles. The average molecular weight is 453 g/mol. The number of nitrogens with one attached hydrogen (secondary N) is 1. The fourth-order valence-corrected chi connectivity index (χ4v) is 4.80. The average Bonchev–Trinajstić information content (AvgIpc) is 3.53. The van der Waals surface area contributed by atoms with Gasteiger partial charge >= 0.3 is 0 Å². The first-order valence-electron chi connectivity index (χ1n) is 9.76. The van der Waals surface area contributed by atoms with Gasteiger partial charge in [0.25, 0.3) is 15.9 Å². The maximum absolute atomic E-state index is 13.2. The normalized spacial score (nSPS) is 17.8. The summed E-state index contributed by atoms with van der Waals surface area (Å²) in [6.45, 7) is 1.05. The van der Waals surface area contributed by atoms with E-state index in [-0.39, 0.29) is 40.0 Å². The Morgan fingerprint density at radius 1 is 1.17 bits per heavy atom. The van der Waals surface area contributed by atoms with Gasteiger partial charge in [-0.05, 0) is 49.3 Å². The number of carbonyl (C=O) groups is 1. The van der Waals surface area contributed by atoms with E-state index >= 15 is 0 Å². The minimum absolute atomic E-state index is 0.147. The molecule has 1 aliphatic heterocycles. The summed E-state index contributed by atoms with van der Waals surface area (Å²) in [6.07, 6.45) is 4.56. The van der Waals surface area contributed by atoms with E-state index in [1.54, 1.807) is 17.0 Å². The monoisotopic (exact) mass is 452 g/mol. The predicted molar refractivity (Wildman–Crippen MR) is 112 cm³/mol. The van der Waals surface area contributed by atoms with Gasteiger partial charge < -0.3 is 10.2 Å². The summed E-state index contributed by atoms with van der Waals surface area (Å²) >= 11 is 6.28. The molecule has 0 unspecified atom stereocenters. The summed E-state index contributed by atoms with van der Waals surface area (Å²) in [5.74, 6) is -0.273. The van der Waals surface area contributed by atoms with Crippen molar-refractivity contribution in [3.8, 4) is 0 Å². The number of likely N-dealkylation sites (tertiary alicyclic amines) is 1. The summed E-state index contributed by atoms with van der Waals surface area (Å²) in [6, 6.07) is 6.61. The lowest BCUT2D eigenvalue weighted by Crippen LogP contribution is -2.38. The Kier molecular flexibility index (Phi) is 5.69. The Labute approximate surface area is 179 Å².